The van der Waals surface area contributed by atoms with Gasteiger partial charge in [-0.05, 0) is 25.8 Å². The van der Waals surface area contributed by atoms with Crippen LogP contribution in [0.25, 0.3) is 0 Å². The van der Waals surface area contributed by atoms with Crippen molar-refractivity contribution in [3.8, 4) is 0 Å². The molecule has 0 spiro atoms. The minimum Gasteiger partial charge on any atom is -0.488 e. The lowest BCUT2D eigenvalue weighted by Crippen LogP contribution is -2.56. The first-order chi connectivity index (χ1) is 7.70. The van der Waals surface area contributed by atoms with Crippen LogP contribution in [0, 0.1) is 0 Å². The lowest BCUT2D eigenvalue weighted by Gasteiger charge is -2.33. The van der Waals surface area contributed by atoms with E-state index in [1.54, 1.807) is 11.8 Å². The average molecular weight is 224 g/mol. The average Bonchev–Trinajstić information content (AvgIpc) is 2.33. The number of carbonyl (C=O) groups excluding carboxylic acids is 2. The summed E-state index contributed by atoms with van der Waals surface area (Å²) in [5.41, 5.74) is 0. The Kier molecular flexibility index (Phi) is 3.12. The molecule has 2 rings (SSSR count). The molecule has 1 saturated heterocycles. The fourth-order valence-electron chi connectivity index (χ4n) is 1.91. The second-order valence-electron chi connectivity index (χ2n) is 4.02. The topological polar surface area (TPSA) is 58.6 Å². The molecular weight excluding hydrogens is 208 g/mol. The first kappa shape index (κ1) is 11.0. The highest BCUT2D eigenvalue weighted by Gasteiger charge is 2.31. The molecule has 2 aliphatic heterocycles. The summed E-state index contributed by atoms with van der Waals surface area (Å²) in [5, 5.41) is 2.73. The molecular formula is C11H16N2O3. The third-order valence-electron chi connectivity index (χ3n) is 2.91. The minimum atomic E-state index is -0.410. The number of carbonyl (C=O) groups is 2. The highest BCUT2D eigenvalue weighted by molar-refractivity contribution is 5.96. The van der Waals surface area contributed by atoms with E-state index < -0.39 is 6.04 Å². The fourth-order valence-corrected chi connectivity index (χ4v) is 1.91. The van der Waals surface area contributed by atoms with Crippen LogP contribution in [0.2, 0.25) is 0 Å². The number of ether oxygens (including phenoxy) is 1. The van der Waals surface area contributed by atoms with Gasteiger partial charge < -0.3 is 15.0 Å². The number of amides is 2. The molecule has 0 aromatic carbocycles. The molecule has 0 unspecified atom stereocenters. The Morgan fingerprint density at radius 1 is 1.62 bits per heavy atom. The van der Waals surface area contributed by atoms with Crippen LogP contribution in [0.3, 0.4) is 0 Å². The second kappa shape index (κ2) is 4.55. The van der Waals surface area contributed by atoms with Gasteiger partial charge in [-0.15, -0.1) is 0 Å². The second-order valence-corrected chi connectivity index (χ2v) is 4.02. The van der Waals surface area contributed by atoms with E-state index in [1.165, 1.54) is 0 Å². The van der Waals surface area contributed by atoms with E-state index in [-0.39, 0.29) is 11.8 Å². The summed E-state index contributed by atoms with van der Waals surface area (Å²) in [7, 11) is 0. The van der Waals surface area contributed by atoms with Crippen molar-refractivity contribution in [2.45, 2.75) is 25.8 Å². The molecule has 16 heavy (non-hydrogen) atoms. The van der Waals surface area contributed by atoms with Crippen molar-refractivity contribution in [1.82, 2.24) is 10.2 Å². The van der Waals surface area contributed by atoms with E-state index in [1.807, 2.05) is 6.08 Å². The van der Waals surface area contributed by atoms with Crippen LogP contribution >= 0.6 is 0 Å². The Balaban J connectivity index is 2.08. The van der Waals surface area contributed by atoms with E-state index in [0.717, 1.165) is 12.8 Å². The van der Waals surface area contributed by atoms with Crippen LogP contribution < -0.4 is 5.32 Å². The van der Waals surface area contributed by atoms with Gasteiger partial charge in [-0.3, -0.25) is 9.59 Å². The van der Waals surface area contributed by atoms with Gasteiger partial charge in [0.25, 0.3) is 5.91 Å². The molecule has 1 fully saturated rings. The summed E-state index contributed by atoms with van der Waals surface area (Å²) in [5.74, 6) is 0.130. The largest absolute Gasteiger partial charge is 0.488 e. The van der Waals surface area contributed by atoms with Crippen LogP contribution in [0.15, 0.2) is 11.8 Å². The van der Waals surface area contributed by atoms with Crippen molar-refractivity contribution >= 4 is 11.8 Å². The standard InChI is InChI=1S/C11H16N2O3/c1-8-10(14)12-5-6-13(8)11(15)9-4-2-3-7-16-9/h4,8H,2-3,5-7H2,1H3,(H,12,14)/t8-/m0/s1. The number of nitrogens with one attached hydrogen (secondary N) is 1. The monoisotopic (exact) mass is 224 g/mol. The highest BCUT2D eigenvalue weighted by atomic mass is 16.5. The first-order valence-corrected chi connectivity index (χ1v) is 5.62. The van der Waals surface area contributed by atoms with Crippen LogP contribution in [-0.4, -0.2) is 42.5 Å². The molecule has 1 N–H and O–H groups in total. The summed E-state index contributed by atoms with van der Waals surface area (Å²) >= 11 is 0. The molecule has 1 atom stereocenters. The van der Waals surface area contributed by atoms with Crippen molar-refractivity contribution in [2.75, 3.05) is 19.7 Å². The Morgan fingerprint density at radius 2 is 2.44 bits per heavy atom. The SMILES string of the molecule is C[C@H]1C(=O)NCCN1C(=O)C1=CCCCO1. The number of hydrogen-bond donors (Lipinski definition) is 1. The quantitative estimate of drug-likeness (QED) is 0.683. The van der Waals surface area contributed by atoms with E-state index in [4.69, 9.17) is 4.74 Å². The Morgan fingerprint density at radius 3 is 3.12 bits per heavy atom. The maximum absolute atomic E-state index is 12.1. The van der Waals surface area contributed by atoms with E-state index in [9.17, 15) is 9.59 Å². The molecule has 0 aliphatic carbocycles. The van der Waals surface area contributed by atoms with Crippen LogP contribution in [0.4, 0.5) is 0 Å². The van der Waals surface area contributed by atoms with Crippen molar-refractivity contribution in [3.05, 3.63) is 11.8 Å². The summed E-state index contributed by atoms with van der Waals surface area (Å²) in [6.45, 7) is 3.39. The third kappa shape index (κ3) is 2.03. The normalized spacial score (nSPS) is 25.6. The molecule has 2 aliphatic rings. The molecule has 0 saturated carbocycles. The third-order valence-corrected chi connectivity index (χ3v) is 2.91. The maximum atomic E-state index is 12.1. The van der Waals surface area contributed by atoms with Crippen LogP contribution in [0.5, 0.6) is 0 Å². The van der Waals surface area contributed by atoms with Crippen molar-refractivity contribution < 1.29 is 14.3 Å². The summed E-state index contributed by atoms with van der Waals surface area (Å²) in [4.78, 5) is 25.1. The van der Waals surface area contributed by atoms with Crippen molar-refractivity contribution in [1.29, 1.82) is 0 Å². The zero-order valence-electron chi connectivity index (χ0n) is 9.36. The van der Waals surface area contributed by atoms with E-state index in [2.05, 4.69) is 5.32 Å². The van der Waals surface area contributed by atoms with Gasteiger partial charge in [0.1, 0.15) is 6.04 Å². The Labute approximate surface area is 94.4 Å². The maximum Gasteiger partial charge on any atom is 0.289 e. The van der Waals surface area contributed by atoms with Gasteiger partial charge in [0.2, 0.25) is 5.91 Å². The lowest BCUT2D eigenvalue weighted by molar-refractivity contribution is -0.142. The van der Waals surface area contributed by atoms with Crippen molar-refractivity contribution in [3.63, 3.8) is 0 Å². The summed E-state index contributed by atoms with van der Waals surface area (Å²) < 4.78 is 5.31. The number of piperazine rings is 1. The van der Waals surface area contributed by atoms with E-state index >= 15 is 0 Å². The lowest BCUT2D eigenvalue weighted by atomic mass is 10.1. The van der Waals surface area contributed by atoms with E-state index in [0.29, 0.717) is 25.5 Å². The van der Waals surface area contributed by atoms with Gasteiger partial charge in [-0.1, -0.05) is 0 Å². The van der Waals surface area contributed by atoms with Gasteiger partial charge in [0.15, 0.2) is 5.76 Å². The van der Waals surface area contributed by atoms with Gasteiger partial charge in [0, 0.05) is 13.1 Å². The smallest absolute Gasteiger partial charge is 0.289 e. The highest BCUT2D eigenvalue weighted by Crippen LogP contribution is 2.15. The summed E-state index contributed by atoms with van der Waals surface area (Å²) in [6.07, 6.45) is 3.63. The number of rotatable bonds is 1. The molecule has 88 valence electrons. The molecule has 0 bridgehead atoms. The predicted molar refractivity (Wildman–Crippen MR) is 57.5 cm³/mol. The summed E-state index contributed by atoms with van der Waals surface area (Å²) in [6, 6.07) is -0.410. The molecule has 2 heterocycles. The molecule has 5 nitrogen and oxygen atoms in total. The Bertz CT molecular complexity index is 338. The van der Waals surface area contributed by atoms with Gasteiger partial charge in [-0.25, -0.2) is 0 Å². The number of nitrogens with zero attached hydrogens (tertiary/aromatic N) is 1. The number of hydrogen-bond acceptors (Lipinski definition) is 3. The van der Waals surface area contributed by atoms with Gasteiger partial charge >= 0.3 is 0 Å². The van der Waals surface area contributed by atoms with Gasteiger partial charge in [-0.2, -0.15) is 0 Å². The van der Waals surface area contributed by atoms with Crippen LogP contribution in [0.1, 0.15) is 19.8 Å². The number of allylic oxidation sites excluding steroid dienone is 1. The molecule has 0 radical (unpaired) electrons. The molecule has 5 heteroatoms. The fraction of sp³-hybridized carbons (Fsp3) is 0.636. The van der Waals surface area contributed by atoms with Crippen LogP contribution in [-0.2, 0) is 14.3 Å². The minimum absolute atomic E-state index is 0.101. The van der Waals surface area contributed by atoms with Gasteiger partial charge in [0.05, 0.1) is 6.61 Å². The molecule has 2 amide bonds. The predicted octanol–water partition coefficient (Wildman–Crippen LogP) is 0.0276. The van der Waals surface area contributed by atoms with Crippen molar-refractivity contribution in [2.24, 2.45) is 0 Å². The molecule has 0 aromatic rings. The first-order valence-electron chi connectivity index (χ1n) is 5.62. The zero-order chi connectivity index (χ0) is 11.5. The Hall–Kier alpha value is -1.52. The molecule has 0 aromatic heterocycles. The zero-order valence-corrected chi connectivity index (χ0v) is 9.36.